The number of halogens is 1. The number of aromatic nitrogens is 2. The van der Waals surface area contributed by atoms with Crippen molar-refractivity contribution in [2.45, 2.75) is 52.0 Å². The molecule has 1 aromatic heterocycles. The van der Waals surface area contributed by atoms with Gasteiger partial charge in [-0.2, -0.15) is 0 Å². The average Bonchev–Trinajstić information content (AvgIpc) is 2.78. The summed E-state index contributed by atoms with van der Waals surface area (Å²) in [6.45, 7) is 4.60. The van der Waals surface area contributed by atoms with Gasteiger partial charge < -0.3 is 21.1 Å². The summed E-state index contributed by atoms with van der Waals surface area (Å²) in [4.78, 5) is 33.1. The van der Waals surface area contributed by atoms with Crippen LogP contribution in [-0.2, 0) is 11.2 Å². The van der Waals surface area contributed by atoms with Gasteiger partial charge in [-0.05, 0) is 51.9 Å². The molecule has 1 aliphatic rings. The number of carbonyl (C=O) groups excluding carboxylic acids is 1. The number of rotatable bonds is 5. The number of carboxylic acid groups (broad SMARTS) is 1. The van der Waals surface area contributed by atoms with Gasteiger partial charge in [-0.1, -0.05) is 11.6 Å². The Labute approximate surface area is 158 Å². The lowest BCUT2D eigenvalue weighted by molar-refractivity contribution is -0.132. The summed E-state index contributed by atoms with van der Waals surface area (Å²) in [5.41, 5.74) is 6.75. The Morgan fingerprint density at radius 2 is 2.12 bits per heavy atom. The van der Waals surface area contributed by atoms with Crippen LogP contribution in [0.15, 0.2) is 0 Å². The zero-order valence-electron chi connectivity index (χ0n) is 15.2. The van der Waals surface area contributed by atoms with Crippen molar-refractivity contribution in [1.82, 2.24) is 20.2 Å². The summed E-state index contributed by atoms with van der Waals surface area (Å²) >= 11 is 6.19. The minimum absolute atomic E-state index is 0.174. The van der Waals surface area contributed by atoms with E-state index in [2.05, 4.69) is 15.3 Å². The van der Waals surface area contributed by atoms with Crippen molar-refractivity contribution in [3.05, 3.63) is 16.5 Å². The molecule has 0 radical (unpaired) electrons. The highest BCUT2D eigenvalue weighted by Crippen LogP contribution is 2.26. The molecule has 9 heteroatoms. The van der Waals surface area contributed by atoms with Crippen molar-refractivity contribution in [3.63, 3.8) is 0 Å². The highest BCUT2D eigenvalue weighted by atomic mass is 35.5. The highest BCUT2D eigenvalue weighted by molar-refractivity contribution is 6.30. The summed E-state index contributed by atoms with van der Waals surface area (Å²) < 4.78 is 0. The Kier molecular flexibility index (Phi) is 7.02. The number of hydrogen-bond donors (Lipinski definition) is 3. The smallest absolute Gasteiger partial charge is 0.405 e. The van der Waals surface area contributed by atoms with Gasteiger partial charge in [0.2, 0.25) is 5.91 Å². The number of amides is 2. The maximum absolute atomic E-state index is 12.3. The third-order valence-electron chi connectivity index (χ3n) is 4.77. The Bertz CT molecular complexity index is 647. The van der Waals surface area contributed by atoms with Crippen molar-refractivity contribution in [1.29, 1.82) is 0 Å². The van der Waals surface area contributed by atoms with Crippen LogP contribution in [0.4, 0.5) is 10.6 Å². The molecule has 0 bridgehead atoms. The van der Waals surface area contributed by atoms with Crippen LogP contribution < -0.4 is 11.1 Å². The van der Waals surface area contributed by atoms with E-state index in [0.29, 0.717) is 42.2 Å². The molecule has 0 spiro atoms. The van der Waals surface area contributed by atoms with Crippen LogP contribution in [0.2, 0.25) is 5.15 Å². The van der Waals surface area contributed by atoms with Crippen LogP contribution >= 0.6 is 11.6 Å². The second-order valence-corrected chi connectivity index (χ2v) is 7.12. The SMILES string of the molecule is Cc1nc(N)c(CC[C@H]2CCCN(C(=O)[C@H](C)NC(=O)O)CC2)c(Cl)n1. The van der Waals surface area contributed by atoms with Crippen molar-refractivity contribution >= 4 is 29.4 Å². The number of nitrogens with one attached hydrogen (secondary N) is 1. The third kappa shape index (κ3) is 5.45. The van der Waals surface area contributed by atoms with E-state index in [-0.39, 0.29) is 5.91 Å². The number of anilines is 1. The molecule has 2 amide bonds. The second kappa shape index (κ2) is 9.02. The molecular weight excluding hydrogens is 358 g/mol. The van der Waals surface area contributed by atoms with Crippen molar-refractivity contribution < 1.29 is 14.7 Å². The molecule has 0 aromatic carbocycles. The zero-order valence-corrected chi connectivity index (χ0v) is 15.9. The molecule has 0 saturated carbocycles. The van der Waals surface area contributed by atoms with Crippen LogP contribution in [0.25, 0.3) is 0 Å². The lowest BCUT2D eigenvalue weighted by Crippen LogP contribution is -2.46. The molecule has 1 saturated heterocycles. The fraction of sp³-hybridized carbons (Fsp3) is 0.647. The molecule has 2 rings (SSSR count). The number of hydrogen-bond acceptors (Lipinski definition) is 5. The Morgan fingerprint density at radius 3 is 2.77 bits per heavy atom. The van der Waals surface area contributed by atoms with Gasteiger partial charge in [0.05, 0.1) is 0 Å². The largest absolute Gasteiger partial charge is 0.465 e. The van der Waals surface area contributed by atoms with E-state index in [4.69, 9.17) is 22.4 Å². The van der Waals surface area contributed by atoms with E-state index in [1.54, 1.807) is 18.7 Å². The predicted octanol–water partition coefficient (Wildman–Crippen LogP) is 2.24. The topological polar surface area (TPSA) is 121 Å². The number of carbonyl (C=O) groups is 2. The average molecular weight is 384 g/mol. The van der Waals surface area contributed by atoms with Gasteiger partial charge in [0.15, 0.2) is 0 Å². The molecule has 2 heterocycles. The molecule has 0 unspecified atom stereocenters. The monoisotopic (exact) mass is 383 g/mol. The van der Waals surface area contributed by atoms with Gasteiger partial charge in [0, 0.05) is 18.7 Å². The maximum atomic E-state index is 12.3. The summed E-state index contributed by atoms with van der Waals surface area (Å²) in [5, 5.41) is 11.4. The molecule has 144 valence electrons. The lowest BCUT2D eigenvalue weighted by atomic mass is 9.93. The highest BCUT2D eigenvalue weighted by Gasteiger charge is 2.25. The van der Waals surface area contributed by atoms with E-state index in [9.17, 15) is 9.59 Å². The third-order valence-corrected chi connectivity index (χ3v) is 5.09. The molecule has 4 N–H and O–H groups in total. The fourth-order valence-electron chi connectivity index (χ4n) is 3.36. The molecule has 1 aliphatic heterocycles. The maximum Gasteiger partial charge on any atom is 0.405 e. The molecule has 8 nitrogen and oxygen atoms in total. The quantitative estimate of drug-likeness (QED) is 0.670. The van der Waals surface area contributed by atoms with Gasteiger partial charge in [-0.25, -0.2) is 14.8 Å². The van der Waals surface area contributed by atoms with Crippen LogP contribution in [0.3, 0.4) is 0 Å². The molecule has 1 fully saturated rings. The Hall–Kier alpha value is -2.09. The zero-order chi connectivity index (χ0) is 19.3. The summed E-state index contributed by atoms with van der Waals surface area (Å²) in [7, 11) is 0. The number of aryl methyl sites for hydroxylation is 1. The Balaban J connectivity index is 1.89. The minimum Gasteiger partial charge on any atom is -0.465 e. The number of nitrogen functional groups attached to an aromatic ring is 1. The summed E-state index contributed by atoms with van der Waals surface area (Å²) in [5.74, 6) is 1.27. The fourth-order valence-corrected chi connectivity index (χ4v) is 3.67. The molecule has 26 heavy (non-hydrogen) atoms. The van der Waals surface area contributed by atoms with Crippen LogP contribution in [0.1, 0.15) is 44.0 Å². The first-order chi connectivity index (χ1) is 12.3. The number of nitrogens with two attached hydrogens (primary N) is 1. The number of nitrogens with zero attached hydrogens (tertiary/aromatic N) is 3. The van der Waals surface area contributed by atoms with E-state index in [1.807, 2.05) is 0 Å². The first-order valence-corrected chi connectivity index (χ1v) is 9.22. The van der Waals surface area contributed by atoms with E-state index < -0.39 is 12.1 Å². The van der Waals surface area contributed by atoms with E-state index in [1.165, 1.54) is 0 Å². The first-order valence-electron chi connectivity index (χ1n) is 8.84. The second-order valence-electron chi connectivity index (χ2n) is 6.76. The van der Waals surface area contributed by atoms with Crippen molar-refractivity contribution in [2.75, 3.05) is 18.8 Å². The molecule has 1 aromatic rings. The molecule has 0 aliphatic carbocycles. The van der Waals surface area contributed by atoms with Crippen LogP contribution in [0.5, 0.6) is 0 Å². The van der Waals surface area contributed by atoms with Crippen molar-refractivity contribution in [3.8, 4) is 0 Å². The van der Waals surface area contributed by atoms with E-state index in [0.717, 1.165) is 31.2 Å². The van der Waals surface area contributed by atoms with Crippen LogP contribution in [0, 0.1) is 12.8 Å². The van der Waals surface area contributed by atoms with E-state index >= 15 is 0 Å². The number of likely N-dealkylation sites (tertiary alicyclic amines) is 1. The van der Waals surface area contributed by atoms with Gasteiger partial charge in [0.25, 0.3) is 0 Å². The minimum atomic E-state index is -1.19. The van der Waals surface area contributed by atoms with Gasteiger partial charge in [-0.3, -0.25) is 4.79 Å². The predicted molar refractivity (Wildman–Crippen MR) is 99.1 cm³/mol. The van der Waals surface area contributed by atoms with Crippen LogP contribution in [-0.4, -0.2) is 51.1 Å². The van der Waals surface area contributed by atoms with Gasteiger partial charge in [-0.15, -0.1) is 0 Å². The van der Waals surface area contributed by atoms with Gasteiger partial charge in [0.1, 0.15) is 22.8 Å². The van der Waals surface area contributed by atoms with Crippen molar-refractivity contribution in [2.24, 2.45) is 5.92 Å². The Morgan fingerprint density at radius 1 is 1.38 bits per heavy atom. The lowest BCUT2D eigenvalue weighted by Gasteiger charge is -2.24. The summed E-state index contributed by atoms with van der Waals surface area (Å²) in [6.07, 6.45) is 3.20. The molecule has 2 atom stereocenters. The normalized spacial score (nSPS) is 18.9. The molecular formula is C17H26ClN5O3. The standard InChI is InChI=1S/C17H26ClN5O3/c1-10(20-17(25)26)16(24)23-8-3-4-12(7-9-23)5-6-13-14(18)21-11(2)22-15(13)19/h10,12,20H,3-9H2,1-2H3,(H,25,26)(H2,19,21,22)/t10-,12+/m0/s1. The first kappa shape index (κ1) is 20.2. The summed E-state index contributed by atoms with van der Waals surface area (Å²) in [6, 6.07) is -0.729. The van der Waals surface area contributed by atoms with Gasteiger partial charge >= 0.3 is 6.09 Å².